The van der Waals surface area contributed by atoms with Gasteiger partial charge in [0, 0.05) is 19.4 Å². The monoisotopic (exact) mass is 1050 g/mol. The highest BCUT2D eigenvalue weighted by atomic mass is 16.4. The van der Waals surface area contributed by atoms with Crippen LogP contribution in [0.3, 0.4) is 0 Å². The van der Waals surface area contributed by atoms with Gasteiger partial charge in [-0.2, -0.15) is 0 Å². The maximum absolute atomic E-state index is 14.6. The number of carbonyl (C=O) groups excluding carboxylic acids is 8. The number of phenols is 1. The third-order valence-electron chi connectivity index (χ3n) is 12.7. The molecule has 1 fully saturated rings. The van der Waals surface area contributed by atoms with Crippen LogP contribution >= 0.6 is 0 Å². The van der Waals surface area contributed by atoms with Crippen molar-refractivity contribution in [2.24, 2.45) is 29.4 Å². The predicted octanol–water partition coefficient (Wildman–Crippen LogP) is -0.848. The van der Waals surface area contributed by atoms with Crippen LogP contribution in [0.2, 0.25) is 0 Å². The molecule has 24 heteroatoms. The second-order valence-corrected chi connectivity index (χ2v) is 20.4. The summed E-state index contributed by atoms with van der Waals surface area (Å²) in [6, 6.07) is -6.67. The Morgan fingerprint density at radius 3 is 1.62 bits per heavy atom. The quantitative estimate of drug-likeness (QED) is 0.0446. The molecule has 1 aromatic rings. The smallest absolute Gasteiger partial charge is 0.326 e. The van der Waals surface area contributed by atoms with Crippen LogP contribution in [0, 0.1) is 23.7 Å². The fourth-order valence-corrected chi connectivity index (χ4v) is 8.25. The molecule has 2 rings (SSSR count). The van der Waals surface area contributed by atoms with Crippen molar-refractivity contribution in [3.05, 3.63) is 29.8 Å². The fraction of sp³-hybridized carbons (Fsp3) is 0.680. The number of amides is 8. The van der Waals surface area contributed by atoms with E-state index in [0.717, 1.165) is 6.92 Å². The van der Waals surface area contributed by atoms with Crippen LogP contribution in [-0.2, 0) is 54.4 Å². The fourth-order valence-electron chi connectivity index (χ4n) is 8.25. The summed E-state index contributed by atoms with van der Waals surface area (Å²) in [6.07, 6.45) is -3.31. The lowest BCUT2D eigenvalue weighted by Crippen LogP contribution is -2.63. The van der Waals surface area contributed by atoms with Crippen molar-refractivity contribution in [2.45, 2.75) is 187 Å². The van der Waals surface area contributed by atoms with Gasteiger partial charge in [-0.25, -0.2) is 4.79 Å². The minimum absolute atomic E-state index is 0.0341. The zero-order valence-electron chi connectivity index (χ0n) is 44.2. The van der Waals surface area contributed by atoms with E-state index in [9.17, 15) is 73.5 Å². The Kier molecular flexibility index (Phi) is 25.9. The number of carboxylic acids is 2. The number of aromatic hydroxyl groups is 1. The average molecular weight is 1050 g/mol. The maximum Gasteiger partial charge on any atom is 0.326 e. The van der Waals surface area contributed by atoms with Crippen LogP contribution < -0.4 is 43.0 Å². The van der Waals surface area contributed by atoms with Crippen LogP contribution in [0.15, 0.2) is 24.3 Å². The minimum atomic E-state index is -1.80. The third-order valence-corrected chi connectivity index (χ3v) is 12.7. The first-order chi connectivity index (χ1) is 34.5. The van der Waals surface area contributed by atoms with E-state index in [2.05, 4.69) is 37.2 Å². The molecule has 1 aliphatic heterocycles. The van der Waals surface area contributed by atoms with E-state index in [1.54, 1.807) is 26.0 Å². The molecule has 0 aliphatic carbocycles. The number of aliphatic hydroxyl groups is 2. The molecule has 416 valence electrons. The number of nitrogens with one attached hydrogen (secondary N) is 7. The molecular formula is C50H81N9O15. The zero-order chi connectivity index (χ0) is 56.3. The lowest BCUT2D eigenvalue weighted by atomic mass is 9.96. The predicted molar refractivity (Wildman–Crippen MR) is 269 cm³/mol. The highest BCUT2D eigenvalue weighted by Gasteiger charge is 2.42. The standard InChI is InChI=1S/C50H81N9O15/c1-11-27(8)39(46(69)58-41(29(10)61)48(71)55-38(26(6)7)50(73)74)56-43(66)33(18-19-37(63)64)52-47(70)40(28(9)60)57-45(68)36-13-12-20-59(36)49(72)35(23-30-14-16-31(62)17-15-30)54-44(67)34(22-25(4)5)53-42(65)32(51)21-24(2)3/h14-17,24-29,32-36,38-41,60-62H,11-13,18-23,51H2,1-10H3,(H,52,70)(H,53,65)(H,54,67)(H,55,71)(H,56,66)(H,57,68)(H,58,69)(H,63,64)(H,73,74)/t27-,28+,29+,32-,33-,34-,35-,36-,38-,39-,40-,41-/m0/s1. The van der Waals surface area contributed by atoms with Gasteiger partial charge in [0.05, 0.1) is 18.2 Å². The van der Waals surface area contributed by atoms with Gasteiger partial charge in [0.2, 0.25) is 47.3 Å². The van der Waals surface area contributed by atoms with Gasteiger partial charge < -0.3 is 73.4 Å². The first-order valence-corrected chi connectivity index (χ1v) is 25.3. The molecule has 8 amide bonds. The van der Waals surface area contributed by atoms with Crippen molar-refractivity contribution in [1.29, 1.82) is 0 Å². The second kappa shape index (κ2) is 30.1. The lowest BCUT2D eigenvalue weighted by Gasteiger charge is -2.32. The van der Waals surface area contributed by atoms with Crippen LogP contribution in [0.25, 0.3) is 0 Å². The number of aliphatic hydroxyl groups excluding tert-OH is 2. The zero-order valence-corrected chi connectivity index (χ0v) is 44.2. The molecule has 1 aliphatic rings. The summed E-state index contributed by atoms with van der Waals surface area (Å²) in [5, 5.41) is 67.8. The normalized spacial score (nSPS) is 18.0. The van der Waals surface area contributed by atoms with Crippen LogP contribution in [0.4, 0.5) is 0 Å². The Bertz CT molecular complexity index is 2100. The van der Waals surface area contributed by atoms with E-state index in [4.69, 9.17) is 5.73 Å². The summed E-state index contributed by atoms with van der Waals surface area (Å²) in [6.45, 7) is 16.2. The molecule has 0 bridgehead atoms. The molecule has 1 aromatic carbocycles. The average Bonchev–Trinajstić information content (AvgIpc) is 3.81. The molecule has 0 radical (unpaired) electrons. The summed E-state index contributed by atoms with van der Waals surface area (Å²) in [4.78, 5) is 135. The van der Waals surface area contributed by atoms with Crippen molar-refractivity contribution in [2.75, 3.05) is 6.54 Å². The van der Waals surface area contributed by atoms with E-state index >= 15 is 0 Å². The molecule has 0 spiro atoms. The molecule has 0 saturated carbocycles. The Balaban J connectivity index is 2.42. The van der Waals surface area contributed by atoms with E-state index in [1.165, 1.54) is 37.8 Å². The summed E-state index contributed by atoms with van der Waals surface area (Å²) in [5.74, 6) is -11.1. The van der Waals surface area contributed by atoms with Crippen LogP contribution in [0.1, 0.15) is 120 Å². The highest BCUT2D eigenvalue weighted by Crippen LogP contribution is 2.22. The van der Waals surface area contributed by atoms with Gasteiger partial charge in [-0.3, -0.25) is 43.2 Å². The maximum atomic E-state index is 14.6. The summed E-state index contributed by atoms with van der Waals surface area (Å²) < 4.78 is 0. The Labute approximate surface area is 432 Å². The van der Waals surface area contributed by atoms with Crippen molar-refractivity contribution in [3.8, 4) is 5.75 Å². The van der Waals surface area contributed by atoms with Crippen molar-refractivity contribution >= 4 is 59.2 Å². The van der Waals surface area contributed by atoms with Gasteiger partial charge >= 0.3 is 11.9 Å². The summed E-state index contributed by atoms with van der Waals surface area (Å²) >= 11 is 0. The van der Waals surface area contributed by atoms with Gasteiger partial charge in [-0.1, -0.05) is 73.9 Å². The molecule has 24 nitrogen and oxygen atoms in total. The largest absolute Gasteiger partial charge is 0.508 e. The molecule has 74 heavy (non-hydrogen) atoms. The van der Waals surface area contributed by atoms with Crippen molar-refractivity contribution in [3.63, 3.8) is 0 Å². The first-order valence-electron chi connectivity index (χ1n) is 25.3. The minimum Gasteiger partial charge on any atom is -0.508 e. The Morgan fingerprint density at radius 1 is 0.622 bits per heavy atom. The number of aliphatic carboxylic acids is 2. The Morgan fingerprint density at radius 2 is 1.11 bits per heavy atom. The number of benzene rings is 1. The number of nitrogens with two attached hydrogens (primary N) is 1. The van der Waals surface area contributed by atoms with Crippen LogP contribution in [-0.4, -0.2) is 163 Å². The van der Waals surface area contributed by atoms with E-state index in [1.807, 2.05) is 27.7 Å². The van der Waals surface area contributed by atoms with Crippen molar-refractivity contribution in [1.82, 2.24) is 42.1 Å². The number of likely N-dealkylation sites (tertiary alicyclic amines) is 1. The van der Waals surface area contributed by atoms with Gasteiger partial charge in [0.15, 0.2) is 0 Å². The van der Waals surface area contributed by atoms with Gasteiger partial charge in [-0.05, 0) is 87.3 Å². The van der Waals surface area contributed by atoms with Gasteiger partial charge in [0.25, 0.3) is 0 Å². The third kappa shape index (κ3) is 20.1. The molecule has 1 heterocycles. The molecular weight excluding hydrogens is 967 g/mol. The summed E-state index contributed by atoms with van der Waals surface area (Å²) in [7, 11) is 0. The first kappa shape index (κ1) is 63.7. The molecule has 0 unspecified atom stereocenters. The van der Waals surface area contributed by atoms with E-state index in [-0.39, 0.29) is 49.8 Å². The molecule has 0 aromatic heterocycles. The SMILES string of the molecule is CC[C@H](C)[C@H](NC(=O)[C@H](CCC(=O)O)NC(=O)[C@@H](NC(=O)[C@@H]1CCCN1C(=O)[C@H](Cc1ccc(O)cc1)NC(=O)[C@H](CC(C)C)NC(=O)[C@@H](N)CC(C)C)[C@@H](C)O)C(=O)N[C@H](C(=O)N[C@H](C(=O)O)C(C)C)[C@@H](C)O. The molecule has 1 saturated heterocycles. The topological polar surface area (TPSA) is 385 Å². The number of nitrogens with zero attached hydrogens (tertiary/aromatic N) is 1. The van der Waals surface area contributed by atoms with E-state index in [0.29, 0.717) is 18.4 Å². The van der Waals surface area contributed by atoms with E-state index < -0.39 is 150 Å². The van der Waals surface area contributed by atoms with Crippen LogP contribution in [0.5, 0.6) is 5.75 Å². The van der Waals surface area contributed by atoms with Gasteiger partial charge in [0.1, 0.15) is 54.1 Å². The van der Waals surface area contributed by atoms with Crippen molar-refractivity contribution < 1.29 is 73.5 Å². The number of hydrogen-bond acceptors (Lipinski definition) is 14. The number of rotatable bonds is 30. The number of carbonyl (C=O) groups is 10. The Hall–Kier alpha value is -6.40. The highest BCUT2D eigenvalue weighted by molar-refractivity contribution is 5.98. The molecule has 12 atom stereocenters. The second-order valence-electron chi connectivity index (χ2n) is 20.4. The number of hydrogen-bond donors (Lipinski definition) is 13. The summed E-state index contributed by atoms with van der Waals surface area (Å²) in [5.41, 5.74) is 6.65. The molecule has 14 N–H and O–H groups in total. The lowest BCUT2D eigenvalue weighted by molar-refractivity contribution is -0.144. The number of carboxylic acid groups (broad SMARTS) is 2. The van der Waals surface area contributed by atoms with Gasteiger partial charge in [-0.15, -0.1) is 0 Å². The number of phenolic OH excluding ortho intramolecular Hbond substituents is 1.